The van der Waals surface area contributed by atoms with Gasteiger partial charge in [0.25, 0.3) is 0 Å². The number of nitrogens with one attached hydrogen (secondary N) is 1. The third kappa shape index (κ3) is 4.18. The Bertz CT molecular complexity index is 648. The molecule has 2 aromatic rings. The molecule has 0 radical (unpaired) electrons. The number of anilines is 1. The molecule has 108 valence electrons. The van der Waals surface area contributed by atoms with E-state index < -0.39 is 6.61 Å². The molecule has 0 spiro atoms. The van der Waals surface area contributed by atoms with Gasteiger partial charge in [0.15, 0.2) is 0 Å². The van der Waals surface area contributed by atoms with Gasteiger partial charge >= 0.3 is 6.61 Å². The average Bonchev–Trinajstić information content (AvgIpc) is 2.47. The maximum absolute atomic E-state index is 12.0. The van der Waals surface area contributed by atoms with E-state index in [0.29, 0.717) is 12.1 Å². The van der Waals surface area contributed by atoms with Crippen molar-refractivity contribution in [2.24, 2.45) is 0 Å². The van der Waals surface area contributed by atoms with Gasteiger partial charge in [0.2, 0.25) is 0 Å². The maximum Gasteiger partial charge on any atom is 0.387 e. The minimum atomic E-state index is -2.81. The van der Waals surface area contributed by atoms with Crippen LogP contribution in [0.15, 0.2) is 42.5 Å². The first-order chi connectivity index (χ1) is 10.1. The molecule has 0 saturated carbocycles. The molecule has 2 rings (SSSR count). The standard InChI is InChI=1S/C16H14F2N2O/c1-11-8-12(9-19)2-3-13(11)10-20-14-4-6-15(7-5-14)21-16(17)18/h2-8,16,20H,10H2,1H3. The number of alkyl halides is 2. The van der Waals surface area contributed by atoms with Crippen LogP contribution in [0.3, 0.4) is 0 Å². The predicted octanol–water partition coefficient (Wildman–Crippen LogP) is 4.08. The number of nitrogens with zero attached hydrogens (tertiary/aromatic N) is 1. The lowest BCUT2D eigenvalue weighted by atomic mass is 10.1. The fourth-order valence-corrected chi connectivity index (χ4v) is 1.92. The highest BCUT2D eigenvalue weighted by atomic mass is 19.3. The third-order valence-electron chi connectivity index (χ3n) is 3.03. The lowest BCUT2D eigenvalue weighted by Gasteiger charge is -2.10. The Morgan fingerprint density at radius 3 is 2.48 bits per heavy atom. The Kier molecular flexibility index (Phi) is 4.72. The van der Waals surface area contributed by atoms with E-state index in [0.717, 1.165) is 16.8 Å². The van der Waals surface area contributed by atoms with Crippen LogP contribution in [-0.2, 0) is 6.54 Å². The fourth-order valence-electron chi connectivity index (χ4n) is 1.92. The van der Waals surface area contributed by atoms with Gasteiger partial charge in [-0.15, -0.1) is 0 Å². The molecule has 0 bridgehead atoms. The second-order valence-electron chi connectivity index (χ2n) is 4.51. The van der Waals surface area contributed by atoms with Gasteiger partial charge in [0.05, 0.1) is 11.6 Å². The molecule has 21 heavy (non-hydrogen) atoms. The Morgan fingerprint density at radius 1 is 1.19 bits per heavy atom. The quantitative estimate of drug-likeness (QED) is 0.901. The number of ether oxygens (including phenoxy) is 1. The summed E-state index contributed by atoms with van der Waals surface area (Å²) in [7, 11) is 0. The van der Waals surface area contributed by atoms with Crippen molar-refractivity contribution in [3.05, 3.63) is 59.2 Å². The van der Waals surface area contributed by atoms with Gasteiger partial charge < -0.3 is 10.1 Å². The summed E-state index contributed by atoms with van der Waals surface area (Å²) in [6.45, 7) is -0.283. The maximum atomic E-state index is 12.0. The molecule has 1 N–H and O–H groups in total. The molecule has 0 saturated heterocycles. The van der Waals surface area contributed by atoms with E-state index in [9.17, 15) is 8.78 Å². The number of hydrogen-bond acceptors (Lipinski definition) is 3. The summed E-state index contributed by atoms with van der Waals surface area (Å²) in [4.78, 5) is 0. The number of halogens is 2. The van der Waals surface area contributed by atoms with Crippen molar-refractivity contribution in [2.75, 3.05) is 5.32 Å². The van der Waals surface area contributed by atoms with E-state index in [-0.39, 0.29) is 5.75 Å². The van der Waals surface area contributed by atoms with Crippen LogP contribution in [0.1, 0.15) is 16.7 Å². The summed E-state index contributed by atoms with van der Waals surface area (Å²) in [5, 5.41) is 12.0. The second-order valence-corrected chi connectivity index (χ2v) is 4.51. The van der Waals surface area contributed by atoms with Gasteiger partial charge in [-0.1, -0.05) is 6.07 Å². The highest BCUT2D eigenvalue weighted by molar-refractivity contribution is 5.47. The average molecular weight is 288 g/mol. The number of benzene rings is 2. The minimum absolute atomic E-state index is 0.130. The molecule has 5 heteroatoms. The molecule has 0 amide bonds. The van der Waals surface area contributed by atoms with Crippen molar-refractivity contribution < 1.29 is 13.5 Å². The molecule has 0 unspecified atom stereocenters. The highest BCUT2D eigenvalue weighted by Gasteiger charge is 2.04. The Hall–Kier alpha value is -2.61. The van der Waals surface area contributed by atoms with Crippen LogP contribution in [0.2, 0.25) is 0 Å². The summed E-state index contributed by atoms with van der Waals surface area (Å²) in [6.07, 6.45) is 0. The van der Waals surface area contributed by atoms with Gasteiger partial charge in [-0.3, -0.25) is 0 Å². The molecular weight excluding hydrogens is 274 g/mol. The zero-order valence-electron chi connectivity index (χ0n) is 11.4. The summed E-state index contributed by atoms with van der Waals surface area (Å²) >= 11 is 0. The molecule has 0 heterocycles. The van der Waals surface area contributed by atoms with Gasteiger partial charge in [-0.05, 0) is 54.4 Å². The van der Waals surface area contributed by atoms with Crippen LogP contribution in [0.5, 0.6) is 5.75 Å². The van der Waals surface area contributed by atoms with Crippen LogP contribution in [-0.4, -0.2) is 6.61 Å². The number of aryl methyl sites for hydroxylation is 1. The molecule has 3 nitrogen and oxygen atoms in total. The SMILES string of the molecule is Cc1cc(C#N)ccc1CNc1ccc(OC(F)F)cc1. The third-order valence-corrected chi connectivity index (χ3v) is 3.03. The van der Waals surface area contributed by atoms with E-state index >= 15 is 0 Å². The summed E-state index contributed by atoms with van der Waals surface area (Å²) < 4.78 is 28.4. The molecule has 0 aliphatic heterocycles. The smallest absolute Gasteiger partial charge is 0.387 e. The van der Waals surface area contributed by atoms with Crippen LogP contribution < -0.4 is 10.1 Å². The lowest BCUT2D eigenvalue weighted by Crippen LogP contribution is -2.03. The zero-order valence-corrected chi connectivity index (χ0v) is 11.4. The monoisotopic (exact) mass is 288 g/mol. The van der Waals surface area contributed by atoms with Crippen molar-refractivity contribution in [3.8, 4) is 11.8 Å². The van der Waals surface area contributed by atoms with Gasteiger partial charge in [-0.2, -0.15) is 14.0 Å². The highest BCUT2D eigenvalue weighted by Crippen LogP contribution is 2.19. The Morgan fingerprint density at radius 2 is 1.90 bits per heavy atom. The lowest BCUT2D eigenvalue weighted by molar-refractivity contribution is -0.0498. The molecule has 0 aliphatic rings. The second kappa shape index (κ2) is 6.71. The Balaban J connectivity index is 1.98. The first kappa shape index (κ1) is 14.8. The largest absolute Gasteiger partial charge is 0.435 e. The van der Waals surface area contributed by atoms with Crippen molar-refractivity contribution in [2.45, 2.75) is 20.1 Å². The van der Waals surface area contributed by atoms with E-state index in [4.69, 9.17) is 5.26 Å². The minimum Gasteiger partial charge on any atom is -0.435 e. The summed E-state index contributed by atoms with van der Waals surface area (Å²) in [5.74, 6) is 0.130. The molecule has 0 aromatic heterocycles. The normalized spacial score (nSPS) is 10.2. The van der Waals surface area contributed by atoms with E-state index in [2.05, 4.69) is 16.1 Å². The number of nitriles is 1. The van der Waals surface area contributed by atoms with Crippen molar-refractivity contribution in [1.82, 2.24) is 0 Å². The predicted molar refractivity (Wildman–Crippen MR) is 76.3 cm³/mol. The van der Waals surface area contributed by atoms with Gasteiger partial charge in [-0.25, -0.2) is 0 Å². The van der Waals surface area contributed by atoms with E-state index in [1.54, 1.807) is 18.2 Å². The van der Waals surface area contributed by atoms with Crippen molar-refractivity contribution in [3.63, 3.8) is 0 Å². The summed E-state index contributed by atoms with van der Waals surface area (Å²) in [5.41, 5.74) is 3.53. The molecule has 0 fully saturated rings. The molecule has 0 aliphatic carbocycles. The van der Waals surface area contributed by atoms with Crippen LogP contribution >= 0.6 is 0 Å². The molecule has 2 aromatic carbocycles. The van der Waals surface area contributed by atoms with E-state index in [1.165, 1.54) is 12.1 Å². The molecule has 0 atom stereocenters. The first-order valence-electron chi connectivity index (χ1n) is 6.37. The summed E-state index contributed by atoms with van der Waals surface area (Å²) in [6, 6.07) is 13.9. The van der Waals surface area contributed by atoms with Crippen molar-refractivity contribution in [1.29, 1.82) is 5.26 Å². The van der Waals surface area contributed by atoms with Crippen LogP contribution in [0, 0.1) is 18.3 Å². The first-order valence-corrected chi connectivity index (χ1v) is 6.37. The van der Waals surface area contributed by atoms with Crippen LogP contribution in [0.25, 0.3) is 0 Å². The Labute approximate surface area is 121 Å². The number of hydrogen-bond donors (Lipinski definition) is 1. The number of rotatable bonds is 5. The molecular formula is C16H14F2N2O. The van der Waals surface area contributed by atoms with Crippen LogP contribution in [0.4, 0.5) is 14.5 Å². The van der Waals surface area contributed by atoms with Gasteiger partial charge in [0, 0.05) is 12.2 Å². The van der Waals surface area contributed by atoms with Gasteiger partial charge in [0.1, 0.15) is 5.75 Å². The van der Waals surface area contributed by atoms with E-state index in [1.807, 2.05) is 19.1 Å². The van der Waals surface area contributed by atoms with Crippen molar-refractivity contribution >= 4 is 5.69 Å². The topological polar surface area (TPSA) is 45.0 Å². The zero-order chi connectivity index (χ0) is 15.2. The fraction of sp³-hybridized carbons (Fsp3) is 0.188.